The third kappa shape index (κ3) is 5.49. The van der Waals surface area contributed by atoms with Gasteiger partial charge in [-0.2, -0.15) is 0 Å². The number of carbonyl (C=O) groups is 3. The van der Waals surface area contributed by atoms with Crippen LogP contribution in [0.4, 0.5) is 5.69 Å². The SMILES string of the molecule is CC(=O)c1cc2c(cc1N(C(=O)Cn1nnc3ccccc31)[C@@H](C(=O)NCCC(C)C)c1cccnc1)OCO2. The Labute approximate surface area is 231 Å². The number of benzene rings is 2. The average molecular weight is 543 g/mol. The number of carbonyl (C=O) groups excluding carboxylic acids is 3. The van der Waals surface area contributed by atoms with Crippen molar-refractivity contribution in [1.29, 1.82) is 0 Å². The van der Waals surface area contributed by atoms with Crippen LogP contribution in [0.15, 0.2) is 60.9 Å². The van der Waals surface area contributed by atoms with Crippen molar-refractivity contribution in [2.45, 2.75) is 39.8 Å². The Morgan fingerprint density at radius 3 is 2.58 bits per heavy atom. The minimum atomic E-state index is -1.14. The number of anilines is 1. The summed E-state index contributed by atoms with van der Waals surface area (Å²) in [6.07, 6.45) is 3.89. The molecule has 0 spiro atoms. The van der Waals surface area contributed by atoms with Gasteiger partial charge in [0.05, 0.1) is 11.2 Å². The molecule has 0 unspecified atom stereocenters. The van der Waals surface area contributed by atoms with Crippen molar-refractivity contribution in [2.24, 2.45) is 5.92 Å². The van der Waals surface area contributed by atoms with E-state index in [0.717, 1.165) is 6.42 Å². The summed E-state index contributed by atoms with van der Waals surface area (Å²) in [7, 11) is 0. The molecule has 0 aliphatic carbocycles. The first-order valence-electron chi connectivity index (χ1n) is 13.1. The summed E-state index contributed by atoms with van der Waals surface area (Å²) in [6, 6.07) is 12.7. The van der Waals surface area contributed by atoms with Gasteiger partial charge < -0.3 is 14.8 Å². The first kappa shape index (κ1) is 26.8. The Bertz CT molecular complexity index is 1550. The van der Waals surface area contributed by atoms with Gasteiger partial charge in [-0.05, 0) is 43.5 Å². The normalized spacial score (nSPS) is 12.9. The average Bonchev–Trinajstić information content (AvgIpc) is 3.57. The maximum Gasteiger partial charge on any atom is 0.249 e. The van der Waals surface area contributed by atoms with Crippen molar-refractivity contribution in [3.63, 3.8) is 0 Å². The summed E-state index contributed by atoms with van der Waals surface area (Å²) in [5.41, 5.74) is 2.20. The van der Waals surface area contributed by atoms with Gasteiger partial charge in [0, 0.05) is 36.1 Å². The van der Waals surface area contributed by atoms with Crippen molar-refractivity contribution >= 4 is 34.3 Å². The number of ether oxygens (including phenoxy) is 2. The lowest BCUT2D eigenvalue weighted by Gasteiger charge is -2.32. The summed E-state index contributed by atoms with van der Waals surface area (Å²) < 4.78 is 12.6. The Morgan fingerprint density at radius 1 is 1.07 bits per heavy atom. The second kappa shape index (κ2) is 11.5. The number of nitrogens with zero attached hydrogens (tertiary/aromatic N) is 5. The van der Waals surface area contributed by atoms with E-state index < -0.39 is 17.9 Å². The monoisotopic (exact) mass is 542 g/mol. The summed E-state index contributed by atoms with van der Waals surface area (Å²) in [6.45, 7) is 5.70. The van der Waals surface area contributed by atoms with Crippen molar-refractivity contribution in [3.8, 4) is 11.5 Å². The van der Waals surface area contributed by atoms with Gasteiger partial charge in [-0.25, -0.2) is 4.68 Å². The van der Waals surface area contributed by atoms with Gasteiger partial charge in [0.25, 0.3) is 0 Å². The quantitative estimate of drug-likeness (QED) is 0.301. The first-order chi connectivity index (χ1) is 19.3. The maximum atomic E-state index is 14.3. The Kier molecular flexibility index (Phi) is 7.72. The second-order valence-corrected chi connectivity index (χ2v) is 9.94. The fraction of sp³-hybridized carbons (Fsp3) is 0.310. The topological polar surface area (TPSA) is 129 Å². The number of hydrogen-bond acceptors (Lipinski definition) is 8. The van der Waals surface area contributed by atoms with Crippen LogP contribution in [0.2, 0.25) is 0 Å². The van der Waals surface area contributed by atoms with Crippen LogP contribution in [0.25, 0.3) is 11.0 Å². The summed E-state index contributed by atoms with van der Waals surface area (Å²) >= 11 is 0. The highest BCUT2D eigenvalue weighted by Crippen LogP contribution is 2.41. The van der Waals surface area contributed by atoms with Crippen molar-refractivity contribution in [3.05, 3.63) is 72.1 Å². The van der Waals surface area contributed by atoms with Crippen molar-refractivity contribution < 1.29 is 23.9 Å². The number of aromatic nitrogens is 4. The molecule has 0 bridgehead atoms. The molecule has 1 N–H and O–H groups in total. The van der Waals surface area contributed by atoms with E-state index in [1.165, 1.54) is 22.7 Å². The minimum Gasteiger partial charge on any atom is -0.454 e. The number of fused-ring (bicyclic) bond motifs is 2. The van der Waals surface area contributed by atoms with Crippen LogP contribution in [0.3, 0.4) is 0 Å². The van der Waals surface area contributed by atoms with Crippen LogP contribution in [-0.4, -0.2) is 50.9 Å². The fourth-order valence-electron chi connectivity index (χ4n) is 4.60. The highest BCUT2D eigenvalue weighted by atomic mass is 16.7. The summed E-state index contributed by atoms with van der Waals surface area (Å²) in [5.74, 6) is -0.0595. The first-order valence-corrected chi connectivity index (χ1v) is 13.1. The second-order valence-electron chi connectivity index (χ2n) is 9.94. The predicted octanol–water partition coefficient (Wildman–Crippen LogP) is 3.69. The molecular formula is C29H30N6O5. The fourth-order valence-corrected chi connectivity index (χ4v) is 4.60. The molecule has 1 aliphatic rings. The van der Waals surface area contributed by atoms with Crippen LogP contribution in [0, 0.1) is 5.92 Å². The van der Waals surface area contributed by atoms with Crippen LogP contribution < -0.4 is 19.7 Å². The molecule has 11 nitrogen and oxygen atoms in total. The van der Waals surface area contributed by atoms with E-state index in [2.05, 4.69) is 34.5 Å². The highest BCUT2D eigenvalue weighted by molar-refractivity contribution is 6.08. The van der Waals surface area contributed by atoms with E-state index in [0.29, 0.717) is 40.6 Å². The number of hydrogen-bond donors (Lipinski definition) is 1. The van der Waals surface area contributed by atoms with Gasteiger partial charge in [0.1, 0.15) is 18.1 Å². The van der Waals surface area contributed by atoms with Gasteiger partial charge in [0.2, 0.25) is 18.6 Å². The molecule has 2 aromatic carbocycles. The molecule has 0 saturated carbocycles. The van der Waals surface area contributed by atoms with Crippen LogP contribution in [0.5, 0.6) is 11.5 Å². The number of Topliss-reactive ketones (excluding diaryl/α,β-unsaturated/α-hetero) is 1. The standard InChI is InChI=1S/C29H30N6O5/c1-18(2)10-12-31-29(38)28(20-7-6-11-30-15-20)35(24-14-26-25(39-17-40-26)13-21(24)19(3)36)27(37)16-34-23-9-5-4-8-22(23)32-33-34/h4-9,11,13-15,18,28H,10,12,16-17H2,1-3H3,(H,31,38)/t28-/m1/s1. The lowest BCUT2D eigenvalue weighted by atomic mass is 10.0. The van der Waals surface area contributed by atoms with E-state index in [4.69, 9.17) is 9.47 Å². The number of pyridine rings is 1. The zero-order valence-electron chi connectivity index (χ0n) is 22.5. The highest BCUT2D eigenvalue weighted by Gasteiger charge is 2.36. The molecule has 3 heterocycles. The molecule has 0 fully saturated rings. The van der Waals surface area contributed by atoms with Gasteiger partial charge >= 0.3 is 0 Å². The lowest BCUT2D eigenvalue weighted by molar-refractivity contribution is -0.127. The number of rotatable bonds is 10. The maximum absolute atomic E-state index is 14.3. The van der Waals surface area contributed by atoms with E-state index in [-0.39, 0.29) is 30.4 Å². The predicted molar refractivity (Wildman–Crippen MR) is 147 cm³/mol. The zero-order chi connectivity index (χ0) is 28.2. The molecule has 2 aromatic heterocycles. The van der Waals surface area contributed by atoms with Gasteiger partial charge in [-0.1, -0.05) is 37.3 Å². The Balaban J connectivity index is 1.64. The molecule has 206 valence electrons. The number of para-hydroxylation sites is 1. The third-order valence-electron chi connectivity index (χ3n) is 6.63. The molecule has 40 heavy (non-hydrogen) atoms. The largest absolute Gasteiger partial charge is 0.454 e. The molecular weight excluding hydrogens is 512 g/mol. The number of nitrogens with one attached hydrogen (secondary N) is 1. The molecule has 0 radical (unpaired) electrons. The molecule has 11 heteroatoms. The van der Waals surface area contributed by atoms with Crippen LogP contribution in [0.1, 0.15) is 49.2 Å². The molecule has 1 aliphatic heterocycles. The van der Waals surface area contributed by atoms with E-state index in [1.807, 2.05) is 18.2 Å². The molecule has 0 saturated heterocycles. The van der Waals surface area contributed by atoms with E-state index in [9.17, 15) is 14.4 Å². The molecule has 1 atom stereocenters. The van der Waals surface area contributed by atoms with Crippen LogP contribution >= 0.6 is 0 Å². The summed E-state index contributed by atoms with van der Waals surface area (Å²) in [4.78, 5) is 46.6. The smallest absolute Gasteiger partial charge is 0.249 e. The van der Waals surface area contributed by atoms with Crippen molar-refractivity contribution in [1.82, 2.24) is 25.3 Å². The van der Waals surface area contributed by atoms with E-state index in [1.54, 1.807) is 36.5 Å². The lowest BCUT2D eigenvalue weighted by Crippen LogP contribution is -2.46. The molecule has 4 aromatic rings. The Morgan fingerprint density at radius 2 is 1.85 bits per heavy atom. The third-order valence-corrected chi connectivity index (χ3v) is 6.63. The number of ketones is 1. The van der Waals surface area contributed by atoms with Gasteiger partial charge in [0.15, 0.2) is 17.3 Å². The van der Waals surface area contributed by atoms with E-state index >= 15 is 0 Å². The van der Waals surface area contributed by atoms with Crippen molar-refractivity contribution in [2.75, 3.05) is 18.2 Å². The zero-order valence-corrected chi connectivity index (χ0v) is 22.5. The van der Waals surface area contributed by atoms with Gasteiger partial charge in [-0.15, -0.1) is 5.10 Å². The molecule has 2 amide bonds. The van der Waals surface area contributed by atoms with Gasteiger partial charge in [-0.3, -0.25) is 24.3 Å². The Hall–Kier alpha value is -4.80. The molecule has 5 rings (SSSR count). The van der Waals surface area contributed by atoms with Crippen LogP contribution in [-0.2, 0) is 16.1 Å². The minimum absolute atomic E-state index is 0.0171. The summed E-state index contributed by atoms with van der Waals surface area (Å²) in [5, 5.41) is 11.3. The number of amides is 2.